The van der Waals surface area contributed by atoms with Gasteiger partial charge >= 0.3 is 0 Å². The lowest BCUT2D eigenvalue weighted by Crippen LogP contribution is -2.05. The molecule has 3 aromatic rings. The summed E-state index contributed by atoms with van der Waals surface area (Å²) in [5.41, 5.74) is 9.90. The van der Waals surface area contributed by atoms with Crippen molar-refractivity contribution in [1.29, 1.82) is 0 Å². The van der Waals surface area contributed by atoms with Crippen molar-refractivity contribution in [3.05, 3.63) is 48.2 Å². The van der Waals surface area contributed by atoms with Gasteiger partial charge in [0.15, 0.2) is 0 Å². The zero-order valence-corrected chi connectivity index (χ0v) is 12.1. The Bertz CT molecular complexity index is 837. The van der Waals surface area contributed by atoms with Gasteiger partial charge in [-0.1, -0.05) is 18.2 Å². The molecule has 0 fully saturated rings. The summed E-state index contributed by atoms with van der Waals surface area (Å²) in [7, 11) is 0. The van der Waals surface area contributed by atoms with Gasteiger partial charge in [-0.25, -0.2) is 4.98 Å². The number of nitrogens with two attached hydrogens (primary N) is 1. The van der Waals surface area contributed by atoms with Crippen LogP contribution in [0.1, 0.15) is 12.5 Å². The molecule has 6 heteroatoms. The highest BCUT2D eigenvalue weighted by Crippen LogP contribution is 2.27. The number of nitrogen functional groups attached to an aromatic ring is 1. The third-order valence-corrected chi connectivity index (χ3v) is 3.38. The second-order valence-electron chi connectivity index (χ2n) is 5.03. The molecule has 6 nitrogen and oxygen atoms in total. The van der Waals surface area contributed by atoms with E-state index in [1.165, 1.54) is 6.92 Å². The van der Waals surface area contributed by atoms with Crippen molar-refractivity contribution < 1.29 is 9.90 Å². The molecule has 0 radical (unpaired) electrons. The van der Waals surface area contributed by atoms with Crippen LogP contribution in [0.5, 0.6) is 0 Å². The Kier molecular flexibility index (Phi) is 3.52. The minimum absolute atomic E-state index is 0.0473. The number of benzene rings is 1. The fourth-order valence-corrected chi connectivity index (χ4v) is 2.33. The number of rotatable bonds is 3. The molecular formula is C16H16N4O2. The SMILES string of the molecule is CC(=O)Nc1ccc(-c2nc3ccc(CO)cn3c2N)cc1. The van der Waals surface area contributed by atoms with E-state index in [-0.39, 0.29) is 12.5 Å². The van der Waals surface area contributed by atoms with Crippen molar-refractivity contribution in [2.75, 3.05) is 11.1 Å². The van der Waals surface area contributed by atoms with E-state index in [1.807, 2.05) is 24.3 Å². The number of hydrogen-bond acceptors (Lipinski definition) is 4. The van der Waals surface area contributed by atoms with E-state index < -0.39 is 0 Å². The summed E-state index contributed by atoms with van der Waals surface area (Å²) >= 11 is 0. The van der Waals surface area contributed by atoms with Crippen LogP contribution in [-0.4, -0.2) is 20.4 Å². The summed E-state index contributed by atoms with van der Waals surface area (Å²) < 4.78 is 1.75. The topological polar surface area (TPSA) is 92.6 Å². The number of amides is 1. The predicted molar refractivity (Wildman–Crippen MR) is 85.3 cm³/mol. The Morgan fingerprint density at radius 2 is 2.00 bits per heavy atom. The maximum Gasteiger partial charge on any atom is 0.221 e. The molecular weight excluding hydrogens is 280 g/mol. The third kappa shape index (κ3) is 2.51. The second-order valence-corrected chi connectivity index (χ2v) is 5.03. The highest BCUT2D eigenvalue weighted by Gasteiger charge is 2.11. The van der Waals surface area contributed by atoms with Crippen LogP contribution in [-0.2, 0) is 11.4 Å². The van der Waals surface area contributed by atoms with Crippen LogP contribution in [0.3, 0.4) is 0 Å². The number of carbonyl (C=O) groups is 1. The number of carbonyl (C=O) groups excluding carboxylic acids is 1. The van der Waals surface area contributed by atoms with Crippen molar-refractivity contribution in [3.63, 3.8) is 0 Å². The van der Waals surface area contributed by atoms with Gasteiger partial charge in [-0.15, -0.1) is 0 Å². The summed E-state index contributed by atoms with van der Waals surface area (Å²) in [4.78, 5) is 15.6. The molecule has 0 saturated heterocycles. The molecule has 0 atom stereocenters. The van der Waals surface area contributed by atoms with E-state index in [4.69, 9.17) is 5.73 Å². The number of nitrogens with zero attached hydrogens (tertiary/aromatic N) is 2. The molecule has 1 amide bonds. The second kappa shape index (κ2) is 5.50. The van der Waals surface area contributed by atoms with E-state index in [0.29, 0.717) is 11.5 Å². The van der Waals surface area contributed by atoms with Crippen molar-refractivity contribution in [2.45, 2.75) is 13.5 Å². The normalized spacial score (nSPS) is 10.8. The molecule has 4 N–H and O–H groups in total. The minimum atomic E-state index is -0.114. The summed E-state index contributed by atoms with van der Waals surface area (Å²) in [6, 6.07) is 11.0. The molecule has 0 bridgehead atoms. The lowest BCUT2D eigenvalue weighted by atomic mass is 10.1. The van der Waals surface area contributed by atoms with Crippen molar-refractivity contribution in [2.24, 2.45) is 0 Å². The van der Waals surface area contributed by atoms with Gasteiger partial charge in [-0.2, -0.15) is 0 Å². The molecule has 1 aromatic carbocycles. The first-order valence-corrected chi connectivity index (χ1v) is 6.84. The number of aromatic nitrogens is 2. The number of aliphatic hydroxyl groups excluding tert-OH is 1. The van der Waals surface area contributed by atoms with E-state index in [0.717, 1.165) is 22.5 Å². The van der Waals surface area contributed by atoms with Crippen molar-refractivity contribution in [3.8, 4) is 11.3 Å². The standard InChI is InChI=1S/C16H16N4O2/c1-10(22)18-13-5-3-12(4-6-13)15-16(17)20-8-11(9-21)2-7-14(20)19-15/h2-8,21H,9,17H2,1H3,(H,18,22). The number of pyridine rings is 1. The molecule has 0 saturated carbocycles. The average Bonchev–Trinajstić information content (AvgIpc) is 2.84. The number of anilines is 2. The first kappa shape index (κ1) is 14.1. The zero-order chi connectivity index (χ0) is 15.7. The van der Waals surface area contributed by atoms with Crippen LogP contribution in [0.2, 0.25) is 0 Å². The van der Waals surface area contributed by atoms with Crippen LogP contribution >= 0.6 is 0 Å². The molecule has 0 aliphatic rings. The number of aliphatic hydroxyl groups is 1. The smallest absolute Gasteiger partial charge is 0.221 e. The molecule has 112 valence electrons. The molecule has 0 aliphatic carbocycles. The number of hydrogen-bond donors (Lipinski definition) is 3. The van der Waals surface area contributed by atoms with E-state index in [2.05, 4.69) is 10.3 Å². The zero-order valence-electron chi connectivity index (χ0n) is 12.1. The summed E-state index contributed by atoms with van der Waals surface area (Å²) in [5, 5.41) is 11.9. The maximum atomic E-state index is 11.0. The van der Waals surface area contributed by atoms with E-state index in [1.54, 1.807) is 22.7 Å². The number of nitrogens with one attached hydrogen (secondary N) is 1. The largest absolute Gasteiger partial charge is 0.392 e. The van der Waals surface area contributed by atoms with Gasteiger partial charge < -0.3 is 16.2 Å². The molecule has 22 heavy (non-hydrogen) atoms. The summed E-state index contributed by atoms with van der Waals surface area (Å²) in [6.45, 7) is 1.42. The van der Waals surface area contributed by atoms with Gasteiger partial charge in [0.1, 0.15) is 17.2 Å². The average molecular weight is 296 g/mol. The van der Waals surface area contributed by atoms with Crippen molar-refractivity contribution >= 4 is 23.1 Å². The maximum absolute atomic E-state index is 11.0. The van der Waals surface area contributed by atoms with Crippen LogP contribution in [0.15, 0.2) is 42.6 Å². The lowest BCUT2D eigenvalue weighted by molar-refractivity contribution is -0.114. The quantitative estimate of drug-likeness (QED) is 0.689. The summed E-state index contributed by atoms with van der Waals surface area (Å²) in [5.74, 6) is 0.397. The highest BCUT2D eigenvalue weighted by molar-refractivity contribution is 5.89. The first-order chi connectivity index (χ1) is 10.6. The molecule has 0 aliphatic heterocycles. The molecule has 0 spiro atoms. The Morgan fingerprint density at radius 3 is 2.64 bits per heavy atom. The predicted octanol–water partition coefficient (Wildman–Crippen LogP) is 2.03. The Morgan fingerprint density at radius 1 is 1.27 bits per heavy atom. The van der Waals surface area contributed by atoms with Gasteiger partial charge in [0.05, 0.1) is 6.61 Å². The van der Waals surface area contributed by atoms with Crippen molar-refractivity contribution in [1.82, 2.24) is 9.38 Å². The lowest BCUT2D eigenvalue weighted by Gasteiger charge is -2.04. The van der Waals surface area contributed by atoms with Gasteiger partial charge in [-0.3, -0.25) is 9.20 Å². The number of imidazole rings is 1. The van der Waals surface area contributed by atoms with Gasteiger partial charge in [0, 0.05) is 24.4 Å². The fourth-order valence-electron chi connectivity index (χ4n) is 2.33. The Labute approximate surface area is 127 Å². The highest BCUT2D eigenvalue weighted by atomic mass is 16.3. The summed E-state index contributed by atoms with van der Waals surface area (Å²) in [6.07, 6.45) is 1.77. The third-order valence-electron chi connectivity index (χ3n) is 3.38. The Hall–Kier alpha value is -2.86. The van der Waals surface area contributed by atoms with Crippen LogP contribution in [0.25, 0.3) is 16.9 Å². The number of fused-ring (bicyclic) bond motifs is 1. The van der Waals surface area contributed by atoms with Crippen LogP contribution in [0, 0.1) is 0 Å². The van der Waals surface area contributed by atoms with Gasteiger partial charge in [0.25, 0.3) is 0 Å². The van der Waals surface area contributed by atoms with Crippen LogP contribution < -0.4 is 11.1 Å². The van der Waals surface area contributed by atoms with E-state index in [9.17, 15) is 9.90 Å². The molecule has 2 heterocycles. The van der Waals surface area contributed by atoms with E-state index >= 15 is 0 Å². The molecule has 0 unspecified atom stereocenters. The van der Waals surface area contributed by atoms with Gasteiger partial charge in [-0.05, 0) is 23.8 Å². The first-order valence-electron chi connectivity index (χ1n) is 6.84. The van der Waals surface area contributed by atoms with Gasteiger partial charge in [0.2, 0.25) is 5.91 Å². The monoisotopic (exact) mass is 296 g/mol. The molecule has 3 rings (SSSR count). The Balaban J connectivity index is 2.02. The van der Waals surface area contributed by atoms with Crippen LogP contribution in [0.4, 0.5) is 11.5 Å². The fraction of sp³-hybridized carbons (Fsp3) is 0.125. The minimum Gasteiger partial charge on any atom is -0.392 e. The molecule has 2 aromatic heterocycles.